The topological polar surface area (TPSA) is 88.1 Å². The van der Waals surface area contributed by atoms with Crippen molar-refractivity contribution in [3.8, 4) is 11.1 Å². The van der Waals surface area contributed by atoms with Crippen LogP contribution in [0.25, 0.3) is 11.1 Å². The Morgan fingerprint density at radius 1 is 0.830 bits per heavy atom. The third-order valence-electron chi connectivity index (χ3n) is 9.20. The summed E-state index contributed by atoms with van der Waals surface area (Å²) >= 11 is 0. The second-order valence-corrected chi connectivity index (χ2v) is 14.3. The summed E-state index contributed by atoms with van der Waals surface area (Å²) in [5.74, 6) is 0. The maximum atomic E-state index is 12.8. The minimum absolute atomic E-state index is 0.00492. The molecule has 0 aromatic heterocycles. The normalized spacial score (nSPS) is 20.4. The molecular weight excluding hydrogens is 609 g/mol. The fourth-order valence-corrected chi connectivity index (χ4v) is 7.73. The highest BCUT2D eigenvalue weighted by atomic mass is 32.2. The van der Waals surface area contributed by atoms with Gasteiger partial charge < -0.3 is 14.6 Å². The van der Waals surface area contributed by atoms with Crippen LogP contribution in [0.3, 0.4) is 0 Å². The van der Waals surface area contributed by atoms with E-state index < -0.39 is 16.3 Å². The average Bonchev–Trinajstić information content (AvgIpc) is 3.67. The molecule has 8 heteroatoms. The number of sulfonamides is 1. The second-order valence-electron chi connectivity index (χ2n) is 12.5. The smallest absolute Gasteiger partial charge is 0.240 e. The molecule has 246 valence electrons. The predicted molar refractivity (Wildman–Crippen MR) is 185 cm³/mol. The van der Waals surface area contributed by atoms with Gasteiger partial charge in [-0.3, -0.25) is 4.90 Å². The van der Waals surface area contributed by atoms with Crippen molar-refractivity contribution >= 4 is 10.0 Å². The summed E-state index contributed by atoms with van der Waals surface area (Å²) in [6.07, 6.45) is 6.91. The molecule has 0 spiro atoms. The summed E-state index contributed by atoms with van der Waals surface area (Å²) in [6.45, 7) is 5.85. The molecule has 6 rings (SSSR count). The Labute approximate surface area is 278 Å². The van der Waals surface area contributed by atoms with Crippen LogP contribution in [-0.4, -0.2) is 43.7 Å². The maximum absolute atomic E-state index is 12.8. The molecule has 2 fully saturated rings. The van der Waals surface area contributed by atoms with Gasteiger partial charge in [0.25, 0.3) is 0 Å². The number of aliphatic hydroxyl groups is 1. The van der Waals surface area contributed by atoms with Crippen LogP contribution >= 0.6 is 0 Å². The van der Waals surface area contributed by atoms with Crippen LogP contribution in [0.15, 0.2) is 121 Å². The largest absolute Gasteiger partial charge is 0.392 e. The molecule has 1 aliphatic heterocycles. The van der Waals surface area contributed by atoms with Crippen molar-refractivity contribution in [2.24, 2.45) is 0 Å². The molecule has 4 aromatic carbocycles. The minimum atomic E-state index is -3.62. The Hall–Kier alpha value is -3.63. The number of hydrogen-bond donors (Lipinski definition) is 2. The van der Waals surface area contributed by atoms with Gasteiger partial charge in [0.05, 0.1) is 23.7 Å². The molecular formula is C39H44N2O5S. The molecule has 2 N–H and O–H groups in total. The summed E-state index contributed by atoms with van der Waals surface area (Å²) in [4.78, 5) is 2.76. The number of ether oxygens (including phenoxy) is 2. The number of nitrogens with zero attached hydrogens (tertiary/aromatic N) is 1. The Morgan fingerprint density at radius 2 is 1.55 bits per heavy atom. The third-order valence-corrected chi connectivity index (χ3v) is 10.6. The molecule has 0 amide bonds. The standard InChI is InChI=1S/C39H44N2O5S/c1-2-22-41(35-14-6-7-15-35)27-36-25-38(31-20-18-29(28-42)19-21-31)46-39(45-36)34-13-9-12-33(24-34)32-11-8-10-30(23-32)26-40-47(43,44)37-16-4-3-5-17-37/h2-5,8-13,16-21,23-24,35-36,38-40,42H,1,6-7,14-15,22,25-28H2/t36-,38+,39+/m0/s1. The molecule has 7 nitrogen and oxygen atoms in total. The van der Waals surface area contributed by atoms with Gasteiger partial charge in [0.15, 0.2) is 6.29 Å². The summed E-state index contributed by atoms with van der Waals surface area (Å²) < 4.78 is 41.7. The molecule has 4 aromatic rings. The third kappa shape index (κ3) is 8.46. The van der Waals surface area contributed by atoms with E-state index in [1.807, 2.05) is 72.8 Å². The lowest BCUT2D eigenvalue weighted by molar-refractivity contribution is -0.253. The van der Waals surface area contributed by atoms with E-state index in [4.69, 9.17) is 9.47 Å². The molecule has 2 aliphatic rings. The van der Waals surface area contributed by atoms with Crippen LogP contribution < -0.4 is 4.72 Å². The van der Waals surface area contributed by atoms with Crippen LogP contribution in [0.5, 0.6) is 0 Å². The van der Waals surface area contributed by atoms with Gasteiger partial charge in [-0.05, 0) is 64.9 Å². The van der Waals surface area contributed by atoms with Crippen LogP contribution in [0.2, 0.25) is 0 Å². The van der Waals surface area contributed by atoms with Gasteiger partial charge in [0.1, 0.15) is 0 Å². The zero-order valence-corrected chi connectivity index (χ0v) is 27.5. The molecule has 0 radical (unpaired) electrons. The Balaban J connectivity index is 1.22. The first-order valence-corrected chi connectivity index (χ1v) is 18.0. The molecule has 0 bridgehead atoms. The number of rotatable bonds is 13. The number of benzene rings is 4. The summed E-state index contributed by atoms with van der Waals surface area (Å²) in [7, 11) is -3.62. The van der Waals surface area contributed by atoms with Crippen LogP contribution in [0.4, 0.5) is 0 Å². The highest BCUT2D eigenvalue weighted by Crippen LogP contribution is 2.39. The van der Waals surface area contributed by atoms with Crippen molar-refractivity contribution < 1.29 is 23.0 Å². The molecule has 1 saturated carbocycles. The fourth-order valence-electron chi connectivity index (χ4n) is 6.69. The summed E-state index contributed by atoms with van der Waals surface area (Å²) in [5, 5.41) is 9.58. The molecule has 1 heterocycles. The lowest BCUT2D eigenvalue weighted by atomic mass is 9.98. The van der Waals surface area contributed by atoms with Crippen molar-refractivity contribution in [3.05, 3.63) is 138 Å². The van der Waals surface area contributed by atoms with E-state index in [-0.39, 0.29) is 30.3 Å². The lowest BCUT2D eigenvalue weighted by Crippen LogP contribution is -2.43. The Bertz CT molecular complexity index is 1720. The van der Waals surface area contributed by atoms with E-state index in [2.05, 4.69) is 22.3 Å². The van der Waals surface area contributed by atoms with E-state index in [9.17, 15) is 13.5 Å². The van der Waals surface area contributed by atoms with Gasteiger partial charge in [0, 0.05) is 37.7 Å². The quantitative estimate of drug-likeness (QED) is 0.147. The summed E-state index contributed by atoms with van der Waals surface area (Å²) in [5.41, 5.74) is 5.69. The minimum Gasteiger partial charge on any atom is -0.392 e. The van der Waals surface area contributed by atoms with Gasteiger partial charge in [-0.25, -0.2) is 13.1 Å². The number of hydrogen-bond acceptors (Lipinski definition) is 6. The first-order chi connectivity index (χ1) is 22.9. The van der Waals surface area contributed by atoms with E-state index in [1.165, 1.54) is 25.7 Å². The van der Waals surface area contributed by atoms with Gasteiger partial charge in [-0.2, -0.15) is 0 Å². The highest BCUT2D eigenvalue weighted by Gasteiger charge is 2.34. The average molecular weight is 653 g/mol. The van der Waals surface area contributed by atoms with Crippen molar-refractivity contribution in [2.75, 3.05) is 13.1 Å². The highest BCUT2D eigenvalue weighted by molar-refractivity contribution is 7.89. The molecule has 3 atom stereocenters. The van der Waals surface area contributed by atoms with Crippen molar-refractivity contribution in [1.82, 2.24) is 9.62 Å². The van der Waals surface area contributed by atoms with Crippen LogP contribution in [0, 0.1) is 0 Å². The van der Waals surface area contributed by atoms with Crippen molar-refractivity contribution in [3.63, 3.8) is 0 Å². The van der Waals surface area contributed by atoms with E-state index in [1.54, 1.807) is 30.3 Å². The SMILES string of the molecule is C=CCN(C[C@@H]1C[C@H](c2ccc(CO)cc2)O[C@H](c2cccc(-c3cccc(CNS(=O)(=O)c4ccccc4)c3)c2)O1)C1CCCC1. The molecule has 0 unspecified atom stereocenters. The van der Waals surface area contributed by atoms with E-state index >= 15 is 0 Å². The van der Waals surface area contributed by atoms with E-state index in [0.29, 0.717) is 6.04 Å². The fraction of sp³-hybridized carbons (Fsp3) is 0.333. The van der Waals surface area contributed by atoms with Gasteiger partial charge >= 0.3 is 0 Å². The monoisotopic (exact) mass is 652 g/mol. The lowest BCUT2D eigenvalue weighted by Gasteiger charge is -2.39. The maximum Gasteiger partial charge on any atom is 0.240 e. The number of nitrogens with one attached hydrogen (secondary N) is 1. The molecule has 1 saturated heterocycles. The van der Waals surface area contributed by atoms with Gasteiger partial charge in [-0.15, -0.1) is 6.58 Å². The molecule has 47 heavy (non-hydrogen) atoms. The van der Waals surface area contributed by atoms with Crippen molar-refractivity contribution in [1.29, 1.82) is 0 Å². The first kappa shape index (κ1) is 33.3. The van der Waals surface area contributed by atoms with E-state index in [0.717, 1.165) is 52.9 Å². The number of aliphatic hydroxyl groups excluding tert-OH is 1. The zero-order chi connectivity index (χ0) is 32.6. The Kier molecular flexibility index (Phi) is 11.0. The Morgan fingerprint density at radius 3 is 2.28 bits per heavy atom. The molecule has 1 aliphatic carbocycles. The second kappa shape index (κ2) is 15.5. The first-order valence-electron chi connectivity index (χ1n) is 16.5. The van der Waals surface area contributed by atoms with Crippen molar-refractivity contribution in [2.45, 2.75) is 74.7 Å². The van der Waals surface area contributed by atoms with Crippen LogP contribution in [-0.2, 0) is 32.6 Å². The van der Waals surface area contributed by atoms with Crippen LogP contribution in [0.1, 0.15) is 66.8 Å². The predicted octanol–water partition coefficient (Wildman–Crippen LogP) is 7.30. The van der Waals surface area contributed by atoms with Gasteiger partial charge in [-0.1, -0.05) is 97.8 Å². The summed E-state index contributed by atoms with van der Waals surface area (Å²) in [6, 6.07) is 33.1. The zero-order valence-electron chi connectivity index (χ0n) is 26.7. The van der Waals surface area contributed by atoms with Gasteiger partial charge in [0.2, 0.25) is 10.0 Å².